The summed E-state index contributed by atoms with van der Waals surface area (Å²) in [5.41, 5.74) is 8.55. The number of aromatic nitrogens is 2. The van der Waals surface area contributed by atoms with Gasteiger partial charge in [0, 0.05) is 11.1 Å². The Morgan fingerprint density at radius 2 is 2.00 bits per heavy atom. The highest BCUT2D eigenvalue weighted by Crippen LogP contribution is 2.37. The number of aryl methyl sites for hydroxylation is 1. The van der Waals surface area contributed by atoms with Gasteiger partial charge in [0.25, 0.3) is 0 Å². The standard InChI is InChI=1S/C15H21N3O2/c1-9-6-10(14-17-12(8-16)20-18-14)7-11(13(9)19-5)15(2,3)4/h6-7H,8,16H2,1-5H3. The number of rotatable bonds is 3. The largest absolute Gasteiger partial charge is 0.496 e. The molecule has 0 fully saturated rings. The molecule has 2 N–H and O–H groups in total. The molecule has 0 atom stereocenters. The number of ether oxygens (including phenoxy) is 1. The first-order chi connectivity index (χ1) is 9.36. The number of methoxy groups -OCH3 is 1. The van der Waals surface area contributed by atoms with Crippen LogP contribution >= 0.6 is 0 Å². The Hall–Kier alpha value is -1.88. The fourth-order valence-corrected chi connectivity index (χ4v) is 2.19. The molecule has 5 heteroatoms. The molecule has 0 bridgehead atoms. The molecule has 2 aromatic rings. The Bertz CT molecular complexity index is 612. The topological polar surface area (TPSA) is 74.2 Å². The Morgan fingerprint density at radius 1 is 1.30 bits per heavy atom. The van der Waals surface area contributed by atoms with Gasteiger partial charge in [-0.25, -0.2) is 0 Å². The van der Waals surface area contributed by atoms with Crippen molar-refractivity contribution in [3.8, 4) is 17.1 Å². The van der Waals surface area contributed by atoms with Crippen LogP contribution in [0.15, 0.2) is 16.7 Å². The van der Waals surface area contributed by atoms with Crippen LogP contribution in [0, 0.1) is 6.92 Å². The van der Waals surface area contributed by atoms with Gasteiger partial charge in [0.1, 0.15) is 5.75 Å². The lowest BCUT2D eigenvalue weighted by atomic mass is 9.84. The van der Waals surface area contributed by atoms with Gasteiger partial charge in [-0.15, -0.1) is 0 Å². The second-order valence-corrected chi connectivity index (χ2v) is 5.84. The molecule has 20 heavy (non-hydrogen) atoms. The molecule has 0 aliphatic heterocycles. The SMILES string of the molecule is COc1c(C)cc(-c2noc(CN)n2)cc1C(C)(C)C. The molecule has 0 amide bonds. The van der Waals surface area contributed by atoms with Crippen molar-refractivity contribution in [1.82, 2.24) is 10.1 Å². The van der Waals surface area contributed by atoms with E-state index in [1.165, 1.54) is 0 Å². The first-order valence-electron chi connectivity index (χ1n) is 6.59. The molecule has 0 radical (unpaired) electrons. The van der Waals surface area contributed by atoms with Crippen LogP contribution in [0.5, 0.6) is 5.75 Å². The van der Waals surface area contributed by atoms with Gasteiger partial charge in [0.05, 0.1) is 13.7 Å². The van der Waals surface area contributed by atoms with Crippen LogP contribution in [-0.4, -0.2) is 17.3 Å². The summed E-state index contributed by atoms with van der Waals surface area (Å²) in [6.07, 6.45) is 0. The minimum Gasteiger partial charge on any atom is -0.496 e. The van der Waals surface area contributed by atoms with Crippen LogP contribution in [0.4, 0.5) is 0 Å². The fraction of sp³-hybridized carbons (Fsp3) is 0.467. The Morgan fingerprint density at radius 3 is 2.50 bits per heavy atom. The van der Waals surface area contributed by atoms with E-state index in [2.05, 4.69) is 37.0 Å². The average molecular weight is 275 g/mol. The van der Waals surface area contributed by atoms with Crippen LogP contribution in [0.1, 0.15) is 37.8 Å². The predicted molar refractivity (Wildman–Crippen MR) is 77.6 cm³/mol. The molecular formula is C15H21N3O2. The van der Waals surface area contributed by atoms with Gasteiger partial charge in [-0.1, -0.05) is 25.9 Å². The first kappa shape index (κ1) is 14.5. The summed E-state index contributed by atoms with van der Waals surface area (Å²) in [6, 6.07) is 4.05. The Balaban J connectivity index is 2.58. The van der Waals surface area contributed by atoms with E-state index < -0.39 is 0 Å². The molecule has 0 saturated carbocycles. The summed E-state index contributed by atoms with van der Waals surface area (Å²) in [5, 5.41) is 3.97. The maximum absolute atomic E-state index is 5.54. The lowest BCUT2D eigenvalue weighted by molar-refractivity contribution is 0.380. The van der Waals surface area contributed by atoms with Gasteiger partial charge in [0.15, 0.2) is 0 Å². The molecular weight excluding hydrogens is 254 g/mol. The molecule has 2 rings (SSSR count). The number of hydrogen-bond acceptors (Lipinski definition) is 5. The molecule has 0 aliphatic rings. The van der Waals surface area contributed by atoms with Crippen LogP contribution < -0.4 is 10.5 Å². The highest BCUT2D eigenvalue weighted by Gasteiger charge is 2.22. The van der Waals surface area contributed by atoms with Crippen LogP contribution in [0.25, 0.3) is 11.4 Å². The quantitative estimate of drug-likeness (QED) is 0.932. The monoisotopic (exact) mass is 275 g/mol. The maximum Gasteiger partial charge on any atom is 0.240 e. The number of nitrogens with zero attached hydrogens (tertiary/aromatic N) is 2. The van der Waals surface area contributed by atoms with Crippen molar-refractivity contribution in [3.05, 3.63) is 29.2 Å². The lowest BCUT2D eigenvalue weighted by Gasteiger charge is -2.24. The Labute approximate surface area is 119 Å². The van der Waals surface area contributed by atoms with Crippen LogP contribution in [-0.2, 0) is 12.0 Å². The third-order valence-corrected chi connectivity index (χ3v) is 3.19. The summed E-state index contributed by atoms with van der Waals surface area (Å²) in [6.45, 7) is 8.70. The van der Waals surface area contributed by atoms with E-state index in [1.807, 2.05) is 13.0 Å². The van der Waals surface area contributed by atoms with E-state index in [0.717, 1.165) is 22.4 Å². The van der Waals surface area contributed by atoms with Crippen LogP contribution in [0.3, 0.4) is 0 Å². The van der Waals surface area contributed by atoms with E-state index in [1.54, 1.807) is 7.11 Å². The van der Waals surface area contributed by atoms with Gasteiger partial charge in [0.2, 0.25) is 11.7 Å². The third-order valence-electron chi connectivity index (χ3n) is 3.19. The second kappa shape index (κ2) is 5.25. The Kier molecular flexibility index (Phi) is 3.81. The lowest BCUT2D eigenvalue weighted by Crippen LogP contribution is -2.14. The van der Waals surface area contributed by atoms with Gasteiger partial charge >= 0.3 is 0 Å². The highest BCUT2D eigenvalue weighted by atomic mass is 16.5. The molecule has 0 aliphatic carbocycles. The minimum atomic E-state index is -0.0352. The summed E-state index contributed by atoms with van der Waals surface area (Å²) >= 11 is 0. The summed E-state index contributed by atoms with van der Waals surface area (Å²) < 4.78 is 10.6. The molecule has 0 spiro atoms. The average Bonchev–Trinajstić information content (AvgIpc) is 2.85. The second-order valence-electron chi connectivity index (χ2n) is 5.84. The number of nitrogens with two attached hydrogens (primary N) is 1. The van der Waals surface area contributed by atoms with Gasteiger partial charge in [-0.3, -0.25) is 0 Å². The molecule has 108 valence electrons. The smallest absolute Gasteiger partial charge is 0.240 e. The van der Waals surface area contributed by atoms with Crippen molar-refractivity contribution >= 4 is 0 Å². The van der Waals surface area contributed by atoms with Crippen molar-refractivity contribution in [2.75, 3.05) is 7.11 Å². The maximum atomic E-state index is 5.54. The number of benzene rings is 1. The van der Waals surface area contributed by atoms with Crippen molar-refractivity contribution in [3.63, 3.8) is 0 Å². The van der Waals surface area contributed by atoms with E-state index in [-0.39, 0.29) is 12.0 Å². The summed E-state index contributed by atoms with van der Waals surface area (Å²) in [7, 11) is 1.69. The van der Waals surface area contributed by atoms with Crippen molar-refractivity contribution in [2.45, 2.75) is 39.7 Å². The van der Waals surface area contributed by atoms with Crippen molar-refractivity contribution < 1.29 is 9.26 Å². The predicted octanol–water partition coefficient (Wildman–Crippen LogP) is 2.81. The molecule has 0 saturated heterocycles. The minimum absolute atomic E-state index is 0.0352. The van der Waals surface area contributed by atoms with E-state index in [4.69, 9.17) is 15.0 Å². The summed E-state index contributed by atoms with van der Waals surface area (Å²) in [4.78, 5) is 4.28. The van der Waals surface area contributed by atoms with Crippen molar-refractivity contribution in [2.24, 2.45) is 5.73 Å². The molecule has 0 unspecified atom stereocenters. The van der Waals surface area contributed by atoms with E-state index in [9.17, 15) is 0 Å². The fourth-order valence-electron chi connectivity index (χ4n) is 2.19. The zero-order chi connectivity index (χ0) is 14.9. The van der Waals surface area contributed by atoms with E-state index >= 15 is 0 Å². The molecule has 1 heterocycles. The zero-order valence-electron chi connectivity index (χ0n) is 12.7. The third kappa shape index (κ3) is 2.67. The normalized spacial score (nSPS) is 11.7. The van der Waals surface area contributed by atoms with Gasteiger partial charge in [-0.05, 0) is 30.0 Å². The molecule has 1 aromatic carbocycles. The zero-order valence-corrected chi connectivity index (χ0v) is 12.7. The first-order valence-corrected chi connectivity index (χ1v) is 6.59. The number of hydrogen-bond donors (Lipinski definition) is 1. The van der Waals surface area contributed by atoms with E-state index in [0.29, 0.717) is 11.7 Å². The van der Waals surface area contributed by atoms with Crippen molar-refractivity contribution in [1.29, 1.82) is 0 Å². The molecule has 1 aromatic heterocycles. The highest BCUT2D eigenvalue weighted by molar-refractivity contribution is 5.62. The van der Waals surface area contributed by atoms with Gasteiger partial charge in [-0.2, -0.15) is 4.98 Å². The summed E-state index contributed by atoms with van der Waals surface area (Å²) in [5.74, 6) is 1.90. The van der Waals surface area contributed by atoms with Crippen LogP contribution in [0.2, 0.25) is 0 Å². The van der Waals surface area contributed by atoms with Gasteiger partial charge < -0.3 is 15.0 Å². The molecule has 5 nitrogen and oxygen atoms in total.